The van der Waals surface area contributed by atoms with E-state index in [1.54, 1.807) is 11.3 Å². The lowest BCUT2D eigenvalue weighted by Gasteiger charge is -2.09. The molecule has 0 atom stereocenters. The predicted octanol–water partition coefficient (Wildman–Crippen LogP) is 4.82. The Labute approximate surface area is 180 Å². The van der Waals surface area contributed by atoms with Gasteiger partial charge < -0.3 is 10.6 Å². The molecule has 2 aromatic carbocycles. The maximum Gasteiger partial charge on any atom is 0.255 e. The maximum absolute atomic E-state index is 12.5. The zero-order valence-electron chi connectivity index (χ0n) is 16.6. The minimum absolute atomic E-state index is 0.187. The molecule has 8 heteroatoms. The number of carbonyl (C=O) groups excluding carboxylic acids is 1. The summed E-state index contributed by atoms with van der Waals surface area (Å²) < 4.78 is 23.1. The number of anilines is 2. The molecular formula is C22H23N3O3S2. The van der Waals surface area contributed by atoms with E-state index in [0.717, 1.165) is 22.6 Å². The number of aromatic nitrogens is 1. The van der Waals surface area contributed by atoms with Crippen molar-refractivity contribution in [1.29, 1.82) is 0 Å². The zero-order valence-corrected chi connectivity index (χ0v) is 18.2. The number of nitrogens with one attached hydrogen (secondary N) is 2. The first-order chi connectivity index (χ1) is 14.4. The van der Waals surface area contributed by atoms with E-state index in [-0.39, 0.29) is 10.8 Å². The van der Waals surface area contributed by atoms with Crippen LogP contribution >= 0.6 is 11.3 Å². The highest BCUT2D eigenvalue weighted by molar-refractivity contribution is 7.90. The van der Waals surface area contributed by atoms with Crippen LogP contribution in [-0.4, -0.2) is 31.6 Å². The van der Waals surface area contributed by atoms with E-state index in [2.05, 4.69) is 10.6 Å². The van der Waals surface area contributed by atoms with Crippen molar-refractivity contribution in [3.63, 3.8) is 0 Å². The number of thiazole rings is 1. The smallest absolute Gasteiger partial charge is 0.255 e. The molecule has 1 heterocycles. The van der Waals surface area contributed by atoms with Gasteiger partial charge in [-0.3, -0.25) is 4.79 Å². The highest BCUT2D eigenvalue weighted by Gasteiger charge is 2.16. The van der Waals surface area contributed by atoms with E-state index < -0.39 is 9.84 Å². The van der Waals surface area contributed by atoms with Crippen LogP contribution in [0.2, 0.25) is 0 Å². The number of hydrogen-bond acceptors (Lipinski definition) is 6. The Bertz CT molecular complexity index is 1150. The number of nitrogens with zero attached hydrogens (tertiary/aromatic N) is 1. The molecule has 1 fully saturated rings. The molecule has 0 spiro atoms. The molecule has 3 aromatic rings. The summed E-state index contributed by atoms with van der Waals surface area (Å²) in [5.41, 5.74) is 2.84. The van der Waals surface area contributed by atoms with Gasteiger partial charge in [0.2, 0.25) is 0 Å². The van der Waals surface area contributed by atoms with E-state index in [4.69, 9.17) is 4.98 Å². The standard InChI is InChI=1S/C22H23N3O3S2/c1-30(27,28)19-11-9-15(10-12-19)21(26)23-18-8-4-5-16(13-18)20-14-29-22(25-20)24-17-6-2-3-7-17/h4-5,8-14,17H,2-3,6-7H2,1H3,(H,23,26)(H,24,25). The van der Waals surface area contributed by atoms with E-state index in [1.807, 2.05) is 29.6 Å². The van der Waals surface area contributed by atoms with Crippen LogP contribution < -0.4 is 10.6 Å². The molecule has 0 radical (unpaired) electrons. The Morgan fingerprint density at radius 3 is 2.53 bits per heavy atom. The Morgan fingerprint density at radius 1 is 1.10 bits per heavy atom. The van der Waals surface area contributed by atoms with Gasteiger partial charge >= 0.3 is 0 Å². The van der Waals surface area contributed by atoms with Crippen molar-refractivity contribution < 1.29 is 13.2 Å². The summed E-state index contributed by atoms with van der Waals surface area (Å²) >= 11 is 1.59. The summed E-state index contributed by atoms with van der Waals surface area (Å²) in [4.78, 5) is 17.4. The molecular weight excluding hydrogens is 418 g/mol. The van der Waals surface area contributed by atoms with Crippen molar-refractivity contribution in [1.82, 2.24) is 4.98 Å². The Balaban J connectivity index is 1.45. The Kier molecular flexibility index (Phi) is 5.87. The fraction of sp³-hybridized carbons (Fsp3) is 0.273. The molecule has 1 amide bonds. The summed E-state index contributed by atoms with van der Waals surface area (Å²) in [5.74, 6) is -0.297. The highest BCUT2D eigenvalue weighted by Crippen LogP contribution is 2.29. The molecule has 0 aliphatic heterocycles. The summed E-state index contributed by atoms with van der Waals surface area (Å²) in [5, 5.41) is 9.32. The molecule has 4 rings (SSSR count). The van der Waals surface area contributed by atoms with Crippen LogP contribution in [0.15, 0.2) is 58.8 Å². The number of amides is 1. The molecule has 0 saturated heterocycles. The van der Waals surface area contributed by atoms with Crippen LogP contribution in [0.25, 0.3) is 11.3 Å². The van der Waals surface area contributed by atoms with E-state index in [0.29, 0.717) is 17.3 Å². The van der Waals surface area contributed by atoms with E-state index in [9.17, 15) is 13.2 Å². The maximum atomic E-state index is 12.5. The first-order valence-corrected chi connectivity index (χ1v) is 12.6. The number of rotatable bonds is 6. The lowest BCUT2D eigenvalue weighted by molar-refractivity contribution is 0.102. The van der Waals surface area contributed by atoms with Gasteiger partial charge in [-0.15, -0.1) is 11.3 Å². The lowest BCUT2D eigenvalue weighted by atomic mass is 10.1. The first kappa shape index (κ1) is 20.6. The largest absolute Gasteiger partial charge is 0.359 e. The molecule has 1 aliphatic carbocycles. The molecule has 2 N–H and O–H groups in total. The van der Waals surface area contributed by atoms with Crippen LogP contribution in [0.3, 0.4) is 0 Å². The third-order valence-electron chi connectivity index (χ3n) is 5.15. The number of hydrogen-bond donors (Lipinski definition) is 2. The summed E-state index contributed by atoms with van der Waals surface area (Å²) in [6.45, 7) is 0. The van der Waals surface area contributed by atoms with Crippen molar-refractivity contribution in [2.45, 2.75) is 36.6 Å². The van der Waals surface area contributed by atoms with Gasteiger partial charge in [-0.1, -0.05) is 25.0 Å². The second-order valence-corrected chi connectivity index (χ2v) is 10.4. The number of sulfone groups is 1. The van der Waals surface area contributed by atoms with Crippen LogP contribution in [0.4, 0.5) is 10.8 Å². The van der Waals surface area contributed by atoms with Gasteiger partial charge in [0.25, 0.3) is 5.91 Å². The Hall–Kier alpha value is -2.71. The van der Waals surface area contributed by atoms with Crippen LogP contribution in [0, 0.1) is 0 Å². The van der Waals surface area contributed by atoms with Gasteiger partial charge in [0, 0.05) is 34.5 Å². The molecule has 0 bridgehead atoms. The summed E-state index contributed by atoms with van der Waals surface area (Å²) in [6, 6.07) is 14.0. The average Bonchev–Trinajstić information content (AvgIpc) is 3.40. The van der Waals surface area contributed by atoms with Crippen molar-refractivity contribution in [3.05, 3.63) is 59.5 Å². The van der Waals surface area contributed by atoms with Crippen molar-refractivity contribution in [2.24, 2.45) is 0 Å². The van der Waals surface area contributed by atoms with Crippen molar-refractivity contribution in [3.8, 4) is 11.3 Å². The van der Waals surface area contributed by atoms with Crippen LogP contribution in [-0.2, 0) is 9.84 Å². The van der Waals surface area contributed by atoms with Crippen LogP contribution in [0.1, 0.15) is 36.0 Å². The molecule has 0 unspecified atom stereocenters. The predicted molar refractivity (Wildman–Crippen MR) is 121 cm³/mol. The summed E-state index contributed by atoms with van der Waals surface area (Å²) in [6.07, 6.45) is 6.08. The van der Waals surface area contributed by atoms with Gasteiger partial charge in [-0.2, -0.15) is 0 Å². The van der Waals surface area contributed by atoms with Gasteiger partial charge in [0.15, 0.2) is 15.0 Å². The molecule has 1 aliphatic rings. The monoisotopic (exact) mass is 441 g/mol. The van der Waals surface area contributed by atoms with Crippen molar-refractivity contribution >= 4 is 37.9 Å². The third kappa shape index (κ3) is 4.88. The highest BCUT2D eigenvalue weighted by atomic mass is 32.2. The number of carbonyl (C=O) groups is 1. The summed E-state index contributed by atoms with van der Waals surface area (Å²) in [7, 11) is -3.29. The minimum atomic E-state index is -3.29. The number of benzene rings is 2. The third-order valence-corrected chi connectivity index (χ3v) is 7.05. The molecule has 6 nitrogen and oxygen atoms in total. The molecule has 1 aromatic heterocycles. The first-order valence-electron chi connectivity index (χ1n) is 9.82. The van der Waals surface area contributed by atoms with Gasteiger partial charge in [0.05, 0.1) is 10.6 Å². The molecule has 1 saturated carbocycles. The van der Waals surface area contributed by atoms with Gasteiger partial charge in [-0.05, 0) is 49.2 Å². The average molecular weight is 442 g/mol. The second-order valence-electron chi connectivity index (χ2n) is 7.50. The van der Waals surface area contributed by atoms with E-state index >= 15 is 0 Å². The topological polar surface area (TPSA) is 88.2 Å². The molecule has 156 valence electrons. The SMILES string of the molecule is CS(=O)(=O)c1ccc(C(=O)Nc2cccc(-c3csc(NC4CCCC4)n3)c2)cc1. The van der Waals surface area contributed by atoms with Crippen molar-refractivity contribution in [2.75, 3.05) is 16.9 Å². The normalized spacial score (nSPS) is 14.6. The van der Waals surface area contributed by atoms with Gasteiger partial charge in [0.1, 0.15) is 0 Å². The quantitative estimate of drug-likeness (QED) is 0.573. The zero-order chi connectivity index (χ0) is 21.1. The van der Waals surface area contributed by atoms with Gasteiger partial charge in [-0.25, -0.2) is 13.4 Å². The Morgan fingerprint density at radius 2 is 1.83 bits per heavy atom. The molecule has 30 heavy (non-hydrogen) atoms. The second kappa shape index (κ2) is 8.57. The van der Waals surface area contributed by atoms with E-state index in [1.165, 1.54) is 49.9 Å². The fourth-order valence-electron chi connectivity index (χ4n) is 3.53. The lowest BCUT2D eigenvalue weighted by Crippen LogP contribution is -2.14. The minimum Gasteiger partial charge on any atom is -0.359 e. The van der Waals surface area contributed by atoms with Crippen LogP contribution in [0.5, 0.6) is 0 Å². The fourth-order valence-corrected chi connectivity index (χ4v) is 4.96.